The van der Waals surface area contributed by atoms with E-state index in [-0.39, 0.29) is 37.3 Å². The van der Waals surface area contributed by atoms with Gasteiger partial charge >= 0.3 is 0 Å². The van der Waals surface area contributed by atoms with Crippen LogP contribution in [-0.2, 0) is 25.7 Å². The van der Waals surface area contributed by atoms with Crippen molar-refractivity contribution in [1.82, 2.24) is 10.6 Å². The van der Waals surface area contributed by atoms with Crippen molar-refractivity contribution in [3.8, 4) is 5.75 Å². The van der Waals surface area contributed by atoms with Gasteiger partial charge in [-0.15, -0.1) is 0 Å². The molecule has 0 saturated heterocycles. The maximum Gasteiger partial charge on any atom is 0.252 e. The number of nitrogens with zero attached hydrogens (tertiary/aromatic N) is 2. The lowest BCUT2D eigenvalue weighted by Gasteiger charge is -2.32. The number of ether oxygens (including phenoxy) is 2. The second kappa shape index (κ2) is 12.3. The Morgan fingerprint density at radius 3 is 2.38 bits per heavy atom. The summed E-state index contributed by atoms with van der Waals surface area (Å²) in [5.74, 6) is -0.201. The predicted molar refractivity (Wildman–Crippen MR) is 152 cm³/mol. The number of hydrogen-bond acceptors (Lipinski definition) is 6. The van der Waals surface area contributed by atoms with Crippen molar-refractivity contribution in [2.24, 2.45) is 0 Å². The Kier molecular flexibility index (Phi) is 8.83. The Labute approximate surface area is 229 Å². The molecule has 3 atom stereocenters. The summed E-state index contributed by atoms with van der Waals surface area (Å²) in [6.45, 7) is 3.93. The standard InChI is InChI=1S/C30H36N4O5/c1-19(31-3)29(36)32-28-20(2)34(27(35)16-17-38-4)25-13-9-8-12-24(25)33(30(28)37)18-23-22-11-7-6-10-21(22)14-15-26(23)39-5/h6-15,19-20,28,31H,16-18H2,1-5H3,(H,32,36)/t19?,20-,28-/m0/s1. The minimum atomic E-state index is -0.992. The minimum Gasteiger partial charge on any atom is -0.496 e. The summed E-state index contributed by atoms with van der Waals surface area (Å²) in [4.78, 5) is 44.2. The third kappa shape index (κ3) is 5.60. The van der Waals surface area contributed by atoms with Crippen LogP contribution >= 0.6 is 0 Å². The molecule has 0 aromatic heterocycles. The summed E-state index contributed by atoms with van der Waals surface area (Å²) in [7, 11) is 4.82. The number of fused-ring (bicyclic) bond motifs is 2. The molecule has 1 aliphatic heterocycles. The molecule has 9 heteroatoms. The number of benzene rings is 3. The van der Waals surface area contributed by atoms with E-state index in [4.69, 9.17) is 9.47 Å². The molecule has 1 heterocycles. The maximum absolute atomic E-state index is 14.4. The Balaban J connectivity index is 1.88. The lowest BCUT2D eigenvalue weighted by molar-refractivity contribution is -0.129. The first-order chi connectivity index (χ1) is 18.8. The highest BCUT2D eigenvalue weighted by atomic mass is 16.5. The molecule has 2 N–H and O–H groups in total. The molecule has 0 fully saturated rings. The number of para-hydroxylation sites is 2. The Morgan fingerprint density at radius 1 is 1.00 bits per heavy atom. The number of rotatable bonds is 9. The molecule has 3 amide bonds. The lowest BCUT2D eigenvalue weighted by atomic mass is 10.0. The molecule has 3 aromatic carbocycles. The van der Waals surface area contributed by atoms with Crippen LogP contribution in [0.25, 0.3) is 10.8 Å². The average Bonchev–Trinajstić information content (AvgIpc) is 3.04. The molecule has 39 heavy (non-hydrogen) atoms. The number of carbonyl (C=O) groups is 3. The van der Waals surface area contributed by atoms with Gasteiger partial charge in [0.25, 0.3) is 5.91 Å². The fourth-order valence-corrected chi connectivity index (χ4v) is 5.01. The first kappa shape index (κ1) is 28.1. The highest BCUT2D eigenvalue weighted by Gasteiger charge is 2.42. The number of nitrogens with one attached hydrogen (secondary N) is 2. The number of anilines is 2. The number of carbonyl (C=O) groups excluding carboxylic acids is 3. The zero-order valence-corrected chi connectivity index (χ0v) is 23.1. The quantitative estimate of drug-likeness (QED) is 0.439. The molecule has 0 radical (unpaired) electrons. The van der Waals surface area contributed by atoms with Gasteiger partial charge in [0.05, 0.1) is 50.1 Å². The lowest BCUT2D eigenvalue weighted by Crippen LogP contribution is -2.59. The van der Waals surface area contributed by atoms with Gasteiger partial charge in [0.15, 0.2) is 0 Å². The predicted octanol–water partition coefficient (Wildman–Crippen LogP) is 3.25. The van der Waals surface area contributed by atoms with Crippen LogP contribution in [0.4, 0.5) is 11.4 Å². The SMILES string of the molecule is CNC(C)C(=O)N[C@@H]1C(=O)N(Cc2c(OC)ccc3ccccc23)c2ccccc2N(C(=O)CCOC)[C@H]1C. The van der Waals surface area contributed by atoms with E-state index in [1.807, 2.05) is 60.7 Å². The maximum atomic E-state index is 14.4. The largest absolute Gasteiger partial charge is 0.496 e. The normalized spacial score (nSPS) is 17.9. The highest BCUT2D eigenvalue weighted by molar-refractivity contribution is 6.09. The molecule has 1 unspecified atom stereocenters. The Bertz CT molecular complexity index is 1360. The molecule has 3 aromatic rings. The zero-order chi connectivity index (χ0) is 28.1. The molecule has 1 aliphatic rings. The van der Waals surface area contributed by atoms with Gasteiger partial charge in [-0.2, -0.15) is 0 Å². The van der Waals surface area contributed by atoms with Gasteiger partial charge in [0, 0.05) is 12.7 Å². The number of amides is 3. The van der Waals surface area contributed by atoms with Gasteiger partial charge < -0.3 is 29.9 Å². The molecule has 0 aliphatic carbocycles. The summed E-state index contributed by atoms with van der Waals surface area (Å²) in [6, 6.07) is 17.0. The topological polar surface area (TPSA) is 100 Å². The van der Waals surface area contributed by atoms with Crippen LogP contribution < -0.4 is 25.2 Å². The van der Waals surface area contributed by atoms with Crippen LogP contribution in [0.2, 0.25) is 0 Å². The van der Waals surface area contributed by atoms with Crippen LogP contribution in [0.3, 0.4) is 0 Å². The number of hydrogen-bond donors (Lipinski definition) is 2. The summed E-state index contributed by atoms with van der Waals surface area (Å²) >= 11 is 0. The molecule has 0 spiro atoms. The van der Waals surface area contributed by atoms with Gasteiger partial charge in [-0.1, -0.05) is 42.5 Å². The second-order valence-electron chi connectivity index (χ2n) is 9.62. The van der Waals surface area contributed by atoms with Gasteiger partial charge in [0.2, 0.25) is 11.8 Å². The van der Waals surface area contributed by atoms with Gasteiger partial charge in [-0.3, -0.25) is 14.4 Å². The average molecular weight is 533 g/mol. The van der Waals surface area contributed by atoms with Gasteiger partial charge in [-0.25, -0.2) is 0 Å². The summed E-state index contributed by atoms with van der Waals surface area (Å²) in [5, 5.41) is 7.80. The third-order valence-electron chi connectivity index (χ3n) is 7.30. The van der Waals surface area contributed by atoms with E-state index in [1.54, 1.807) is 37.8 Å². The first-order valence-corrected chi connectivity index (χ1v) is 13.1. The molecule has 9 nitrogen and oxygen atoms in total. The number of likely N-dealkylation sites (N-methyl/N-ethyl adjacent to an activating group) is 1. The van der Waals surface area contributed by atoms with Crippen LogP contribution in [0.1, 0.15) is 25.8 Å². The van der Waals surface area contributed by atoms with Crippen molar-refractivity contribution in [3.63, 3.8) is 0 Å². The van der Waals surface area contributed by atoms with Crippen molar-refractivity contribution in [1.29, 1.82) is 0 Å². The molecule has 0 bridgehead atoms. The van der Waals surface area contributed by atoms with Crippen molar-refractivity contribution >= 4 is 39.9 Å². The van der Waals surface area contributed by atoms with Crippen LogP contribution in [-0.4, -0.2) is 63.7 Å². The van der Waals surface area contributed by atoms with E-state index in [9.17, 15) is 14.4 Å². The van der Waals surface area contributed by atoms with E-state index < -0.39 is 18.1 Å². The molecule has 4 rings (SSSR count). The second-order valence-corrected chi connectivity index (χ2v) is 9.62. The number of methoxy groups -OCH3 is 2. The van der Waals surface area contributed by atoms with Crippen molar-refractivity contribution in [2.45, 2.75) is 44.9 Å². The molecule has 0 saturated carbocycles. The smallest absolute Gasteiger partial charge is 0.252 e. The zero-order valence-electron chi connectivity index (χ0n) is 23.1. The fraction of sp³-hybridized carbons (Fsp3) is 0.367. The van der Waals surface area contributed by atoms with Crippen LogP contribution in [0.5, 0.6) is 5.75 Å². The van der Waals surface area contributed by atoms with E-state index >= 15 is 0 Å². The van der Waals surface area contributed by atoms with Crippen LogP contribution in [0, 0.1) is 0 Å². The van der Waals surface area contributed by atoms with Crippen molar-refractivity contribution in [3.05, 3.63) is 66.2 Å². The van der Waals surface area contributed by atoms with E-state index in [0.717, 1.165) is 16.3 Å². The van der Waals surface area contributed by atoms with Crippen molar-refractivity contribution < 1.29 is 23.9 Å². The monoisotopic (exact) mass is 532 g/mol. The minimum absolute atomic E-state index is 0.133. The molecular formula is C30H36N4O5. The van der Waals surface area contributed by atoms with Crippen LogP contribution in [0.15, 0.2) is 60.7 Å². The fourth-order valence-electron chi connectivity index (χ4n) is 5.01. The van der Waals surface area contributed by atoms with E-state index in [0.29, 0.717) is 17.1 Å². The summed E-state index contributed by atoms with van der Waals surface area (Å²) in [5.41, 5.74) is 2.00. The van der Waals surface area contributed by atoms with Gasteiger partial charge in [0.1, 0.15) is 11.8 Å². The van der Waals surface area contributed by atoms with Gasteiger partial charge in [-0.05, 0) is 49.9 Å². The highest BCUT2D eigenvalue weighted by Crippen LogP contribution is 2.38. The Morgan fingerprint density at radius 2 is 1.69 bits per heavy atom. The van der Waals surface area contributed by atoms with E-state index in [2.05, 4.69) is 10.6 Å². The molecular weight excluding hydrogens is 496 g/mol. The first-order valence-electron chi connectivity index (χ1n) is 13.1. The summed E-state index contributed by atoms with van der Waals surface area (Å²) < 4.78 is 10.9. The summed E-state index contributed by atoms with van der Waals surface area (Å²) in [6.07, 6.45) is 0.133. The Hall–Kier alpha value is -3.95. The third-order valence-corrected chi connectivity index (χ3v) is 7.30. The van der Waals surface area contributed by atoms with E-state index in [1.165, 1.54) is 7.11 Å². The molecule has 206 valence electrons. The van der Waals surface area contributed by atoms with Crippen molar-refractivity contribution in [2.75, 3.05) is 37.7 Å².